The number of anilines is 1. The van der Waals surface area contributed by atoms with E-state index in [-0.39, 0.29) is 35.0 Å². The van der Waals surface area contributed by atoms with E-state index in [1.54, 1.807) is 26.3 Å². The first-order valence-electron chi connectivity index (χ1n) is 10.2. The van der Waals surface area contributed by atoms with Gasteiger partial charge in [-0.2, -0.15) is 4.31 Å². The number of carbonyl (C=O) groups excluding carboxylic acids is 2. The normalized spacial score (nSPS) is 17.8. The van der Waals surface area contributed by atoms with Crippen LogP contribution < -0.4 is 10.2 Å². The Kier molecular flexibility index (Phi) is 7.78. The van der Waals surface area contributed by atoms with Crippen LogP contribution in [0.2, 0.25) is 0 Å². The smallest absolute Gasteiger partial charge is 0.243 e. The van der Waals surface area contributed by atoms with Gasteiger partial charge in [-0.3, -0.25) is 9.59 Å². The summed E-state index contributed by atoms with van der Waals surface area (Å²) in [5.41, 5.74) is 0.469. The van der Waals surface area contributed by atoms with Crippen LogP contribution in [0, 0.1) is 0 Å². The van der Waals surface area contributed by atoms with Crippen molar-refractivity contribution in [1.82, 2.24) is 9.62 Å². The number of nitrogens with one attached hydrogen (secondary N) is 1. The number of hydrogen-bond donors (Lipinski definition) is 1. The van der Waals surface area contributed by atoms with Gasteiger partial charge in [-0.1, -0.05) is 19.3 Å². The number of nitrogens with zero attached hydrogens (tertiary/aromatic N) is 2. The van der Waals surface area contributed by atoms with Crippen molar-refractivity contribution in [1.29, 1.82) is 0 Å². The molecule has 0 spiro atoms. The summed E-state index contributed by atoms with van der Waals surface area (Å²) >= 11 is 1.35. The SMILES string of the molecule is COCCNC(=O)CN1C(=O)CSc2ccc(S(=O)(=O)N(C)C3CCCCC3)cc21. The van der Waals surface area contributed by atoms with E-state index in [1.807, 2.05) is 0 Å². The van der Waals surface area contributed by atoms with Crippen molar-refractivity contribution < 1.29 is 22.7 Å². The lowest BCUT2D eigenvalue weighted by atomic mass is 9.96. The van der Waals surface area contributed by atoms with Crippen molar-refractivity contribution in [3.05, 3.63) is 18.2 Å². The average molecular weight is 456 g/mol. The maximum atomic E-state index is 13.2. The van der Waals surface area contributed by atoms with Gasteiger partial charge in [0.15, 0.2) is 0 Å². The fraction of sp³-hybridized carbons (Fsp3) is 0.600. The minimum atomic E-state index is -3.69. The minimum absolute atomic E-state index is 0.00143. The molecule has 3 rings (SSSR count). The summed E-state index contributed by atoms with van der Waals surface area (Å²) in [5, 5.41) is 2.70. The molecule has 0 atom stereocenters. The van der Waals surface area contributed by atoms with Crippen molar-refractivity contribution in [3.8, 4) is 0 Å². The summed E-state index contributed by atoms with van der Waals surface area (Å²) in [5.74, 6) is -0.317. The van der Waals surface area contributed by atoms with Crippen molar-refractivity contribution in [2.45, 2.75) is 47.9 Å². The molecule has 30 heavy (non-hydrogen) atoms. The van der Waals surface area contributed by atoms with Crippen LogP contribution >= 0.6 is 11.8 Å². The molecule has 0 unspecified atom stereocenters. The lowest BCUT2D eigenvalue weighted by Gasteiger charge is -2.32. The molecule has 0 radical (unpaired) electrons. The molecule has 1 aliphatic carbocycles. The molecule has 1 saturated carbocycles. The van der Waals surface area contributed by atoms with Gasteiger partial charge < -0.3 is 15.0 Å². The molecule has 0 saturated heterocycles. The van der Waals surface area contributed by atoms with E-state index in [2.05, 4.69) is 5.32 Å². The van der Waals surface area contributed by atoms with Gasteiger partial charge in [0.1, 0.15) is 6.54 Å². The van der Waals surface area contributed by atoms with Gasteiger partial charge >= 0.3 is 0 Å². The quantitative estimate of drug-likeness (QED) is 0.601. The Bertz CT molecular complexity index is 884. The number of carbonyl (C=O) groups is 2. The third-order valence-electron chi connectivity index (χ3n) is 5.57. The summed E-state index contributed by atoms with van der Waals surface area (Å²) in [6, 6.07) is 4.84. The van der Waals surface area contributed by atoms with E-state index < -0.39 is 10.0 Å². The predicted molar refractivity (Wildman–Crippen MR) is 116 cm³/mol. The molecule has 1 aromatic rings. The average Bonchev–Trinajstić information content (AvgIpc) is 2.75. The highest BCUT2D eigenvalue weighted by Crippen LogP contribution is 2.37. The largest absolute Gasteiger partial charge is 0.383 e. The fourth-order valence-corrected chi connectivity index (χ4v) is 6.17. The van der Waals surface area contributed by atoms with Crippen LogP contribution in [0.1, 0.15) is 32.1 Å². The van der Waals surface area contributed by atoms with Crippen molar-refractivity contribution in [2.75, 3.05) is 44.5 Å². The Hall–Kier alpha value is -1.62. The number of fused-ring (bicyclic) bond motifs is 1. The fourth-order valence-electron chi connectivity index (χ4n) is 3.81. The zero-order chi connectivity index (χ0) is 21.7. The Labute approximate surface area is 182 Å². The summed E-state index contributed by atoms with van der Waals surface area (Å²) in [6.07, 6.45) is 4.94. The molecule has 0 aromatic heterocycles. The van der Waals surface area contributed by atoms with Gasteiger partial charge in [-0.15, -0.1) is 11.8 Å². The van der Waals surface area contributed by atoms with Crippen LogP contribution in [0.4, 0.5) is 5.69 Å². The second-order valence-electron chi connectivity index (χ2n) is 7.55. The highest BCUT2D eigenvalue weighted by atomic mass is 32.2. The number of benzene rings is 1. The van der Waals surface area contributed by atoms with Gasteiger partial charge in [0.05, 0.1) is 22.9 Å². The van der Waals surface area contributed by atoms with Gasteiger partial charge in [-0.25, -0.2) is 8.42 Å². The van der Waals surface area contributed by atoms with E-state index >= 15 is 0 Å². The highest BCUT2D eigenvalue weighted by Gasteiger charge is 2.32. The number of methoxy groups -OCH3 is 1. The van der Waals surface area contributed by atoms with Crippen molar-refractivity contribution in [2.24, 2.45) is 0 Å². The number of hydrogen-bond acceptors (Lipinski definition) is 6. The Morgan fingerprint density at radius 1 is 1.30 bits per heavy atom. The third-order valence-corrected chi connectivity index (χ3v) is 8.52. The number of amides is 2. The maximum absolute atomic E-state index is 13.2. The lowest BCUT2D eigenvalue weighted by Crippen LogP contribution is -2.44. The summed E-state index contributed by atoms with van der Waals surface area (Å²) < 4.78 is 32.8. The summed E-state index contributed by atoms with van der Waals surface area (Å²) in [4.78, 5) is 27.1. The van der Waals surface area contributed by atoms with Crippen LogP contribution in [0.15, 0.2) is 28.0 Å². The zero-order valence-corrected chi connectivity index (χ0v) is 19.1. The molecule has 1 N–H and O–H groups in total. The van der Waals surface area contributed by atoms with Crippen LogP contribution in [0.3, 0.4) is 0 Å². The molecular formula is C20H29N3O5S2. The van der Waals surface area contributed by atoms with E-state index in [0.29, 0.717) is 18.8 Å². The monoisotopic (exact) mass is 455 g/mol. The molecule has 1 aliphatic heterocycles. The molecule has 166 valence electrons. The van der Waals surface area contributed by atoms with Crippen LogP contribution in [-0.2, 0) is 24.3 Å². The summed E-state index contributed by atoms with van der Waals surface area (Å²) in [7, 11) is -0.518. The van der Waals surface area contributed by atoms with Crippen molar-refractivity contribution >= 4 is 39.3 Å². The van der Waals surface area contributed by atoms with E-state index in [4.69, 9.17) is 4.74 Å². The molecule has 2 amide bonds. The molecule has 1 aromatic carbocycles. The topological polar surface area (TPSA) is 96.0 Å². The van der Waals surface area contributed by atoms with Gasteiger partial charge in [0.25, 0.3) is 0 Å². The van der Waals surface area contributed by atoms with E-state index in [9.17, 15) is 18.0 Å². The number of thioether (sulfide) groups is 1. The molecular weight excluding hydrogens is 426 g/mol. The molecule has 1 fully saturated rings. The first kappa shape index (κ1) is 23.1. The summed E-state index contributed by atoms with van der Waals surface area (Å²) in [6.45, 7) is 0.569. The highest BCUT2D eigenvalue weighted by molar-refractivity contribution is 8.00. The first-order chi connectivity index (χ1) is 14.3. The maximum Gasteiger partial charge on any atom is 0.243 e. The Balaban J connectivity index is 1.83. The lowest BCUT2D eigenvalue weighted by molar-refractivity contribution is -0.123. The molecule has 0 bridgehead atoms. The van der Waals surface area contributed by atoms with Crippen LogP contribution in [0.25, 0.3) is 0 Å². The first-order valence-corrected chi connectivity index (χ1v) is 12.6. The van der Waals surface area contributed by atoms with Gasteiger partial charge in [0.2, 0.25) is 21.8 Å². The van der Waals surface area contributed by atoms with Crippen LogP contribution in [0.5, 0.6) is 0 Å². The Morgan fingerprint density at radius 3 is 2.73 bits per heavy atom. The zero-order valence-electron chi connectivity index (χ0n) is 17.4. The van der Waals surface area contributed by atoms with E-state index in [1.165, 1.54) is 27.0 Å². The van der Waals surface area contributed by atoms with Crippen LogP contribution in [-0.4, -0.2) is 70.2 Å². The minimum Gasteiger partial charge on any atom is -0.383 e. The van der Waals surface area contributed by atoms with Crippen molar-refractivity contribution in [3.63, 3.8) is 0 Å². The molecule has 8 nitrogen and oxygen atoms in total. The third kappa shape index (κ3) is 5.16. The second-order valence-corrected chi connectivity index (χ2v) is 10.6. The molecule has 2 aliphatic rings. The number of ether oxygens (including phenoxy) is 1. The number of sulfonamides is 1. The molecule has 10 heteroatoms. The molecule has 1 heterocycles. The second kappa shape index (κ2) is 10.1. The van der Waals surface area contributed by atoms with Gasteiger partial charge in [-0.05, 0) is 31.0 Å². The number of rotatable bonds is 8. The Morgan fingerprint density at radius 2 is 2.03 bits per heavy atom. The predicted octanol–water partition coefficient (Wildman–Crippen LogP) is 1.84. The van der Waals surface area contributed by atoms with E-state index in [0.717, 1.165) is 37.0 Å². The van der Waals surface area contributed by atoms with Gasteiger partial charge in [0, 0.05) is 31.6 Å². The standard InChI is InChI=1S/C20H29N3O5S2/c1-22(15-6-4-3-5-7-15)30(26,27)16-8-9-18-17(12-16)23(20(25)14-29-18)13-19(24)21-10-11-28-2/h8-9,12,15H,3-7,10-11,13-14H2,1-2H3,(H,21,24).